The molecule has 27 heavy (non-hydrogen) atoms. The fourth-order valence-electron chi connectivity index (χ4n) is 3.47. The Morgan fingerprint density at radius 1 is 1.22 bits per heavy atom. The minimum absolute atomic E-state index is 0.131. The predicted octanol–water partition coefficient (Wildman–Crippen LogP) is 0.890. The standard InChI is InChI=1S/C20H25N3O4/c1-26-17-6-7-19(27-2)18(14-17)21-20(24)13-16-5-3-4-10-23(16)15-8-11-22(25)12-9-15/h3-7,10,14-15,22H,8-9,11-13H2,1-2H3/p+1. The van der Waals surface area contributed by atoms with Crippen molar-refractivity contribution in [3.05, 3.63) is 53.5 Å². The number of hydrogen-bond donors (Lipinski definition) is 2. The number of hydroxylamine groups is 2. The topological polar surface area (TPSA) is 78.9 Å². The van der Waals surface area contributed by atoms with Gasteiger partial charge >= 0.3 is 0 Å². The number of methoxy groups -OCH3 is 2. The molecule has 3 rings (SSSR count). The van der Waals surface area contributed by atoms with Crippen molar-refractivity contribution in [1.29, 1.82) is 0 Å². The number of anilines is 1. The molecule has 1 amide bonds. The largest absolute Gasteiger partial charge is 0.634 e. The number of carbonyl (C=O) groups excluding carboxylic acids is 1. The van der Waals surface area contributed by atoms with Crippen LogP contribution >= 0.6 is 0 Å². The fraction of sp³-hybridized carbons (Fsp3) is 0.400. The first kappa shape index (κ1) is 19.1. The summed E-state index contributed by atoms with van der Waals surface area (Å²) in [7, 11) is 3.14. The van der Waals surface area contributed by atoms with Crippen LogP contribution in [0.5, 0.6) is 11.5 Å². The average Bonchev–Trinajstić information content (AvgIpc) is 2.69. The Bertz CT molecular complexity index is 789. The van der Waals surface area contributed by atoms with Crippen molar-refractivity contribution in [2.75, 3.05) is 32.6 Å². The van der Waals surface area contributed by atoms with E-state index >= 15 is 0 Å². The first-order valence-electron chi connectivity index (χ1n) is 9.13. The van der Waals surface area contributed by atoms with E-state index in [0.717, 1.165) is 18.5 Å². The molecule has 0 saturated carbocycles. The number of hydrogen-bond acceptors (Lipinski definition) is 4. The maximum absolute atomic E-state index is 12.7. The van der Waals surface area contributed by atoms with E-state index in [1.54, 1.807) is 32.4 Å². The van der Waals surface area contributed by atoms with E-state index in [4.69, 9.17) is 9.47 Å². The number of aromatic nitrogens is 1. The van der Waals surface area contributed by atoms with Crippen LogP contribution in [0, 0.1) is 5.21 Å². The first-order chi connectivity index (χ1) is 13.1. The van der Waals surface area contributed by atoms with Gasteiger partial charge in [-0.15, -0.1) is 0 Å². The maximum atomic E-state index is 12.7. The number of pyridine rings is 1. The zero-order valence-electron chi connectivity index (χ0n) is 15.7. The minimum atomic E-state index is -0.131. The van der Waals surface area contributed by atoms with Crippen LogP contribution in [0.25, 0.3) is 0 Å². The van der Waals surface area contributed by atoms with E-state index in [0.29, 0.717) is 35.3 Å². The van der Waals surface area contributed by atoms with E-state index in [9.17, 15) is 10.0 Å². The van der Waals surface area contributed by atoms with E-state index in [1.165, 1.54) is 0 Å². The van der Waals surface area contributed by atoms with Crippen LogP contribution in [0.4, 0.5) is 5.69 Å². The molecule has 1 saturated heterocycles. The molecule has 0 bridgehead atoms. The van der Waals surface area contributed by atoms with Crippen molar-refractivity contribution in [2.24, 2.45) is 0 Å². The average molecular weight is 372 g/mol. The summed E-state index contributed by atoms with van der Waals surface area (Å²) in [5.74, 6) is 1.09. The first-order valence-corrected chi connectivity index (χ1v) is 9.13. The van der Waals surface area contributed by atoms with Gasteiger partial charge in [0.2, 0.25) is 5.91 Å². The minimum Gasteiger partial charge on any atom is -0.634 e. The number of nitrogens with zero attached hydrogens (tertiary/aromatic N) is 1. The Labute approximate surface area is 159 Å². The van der Waals surface area contributed by atoms with Crippen LogP contribution < -0.4 is 24.4 Å². The van der Waals surface area contributed by atoms with Gasteiger partial charge < -0.3 is 25.1 Å². The van der Waals surface area contributed by atoms with E-state index < -0.39 is 0 Å². The van der Waals surface area contributed by atoms with Crippen LogP contribution in [0.3, 0.4) is 0 Å². The lowest BCUT2D eigenvalue weighted by Crippen LogP contribution is -3.08. The second-order valence-electron chi connectivity index (χ2n) is 6.66. The second-order valence-corrected chi connectivity index (χ2v) is 6.66. The third-order valence-electron chi connectivity index (χ3n) is 4.91. The molecule has 0 unspecified atom stereocenters. The van der Waals surface area contributed by atoms with Gasteiger partial charge in [-0.1, -0.05) is 6.07 Å². The van der Waals surface area contributed by atoms with Crippen LogP contribution in [0.1, 0.15) is 24.6 Å². The predicted molar refractivity (Wildman–Crippen MR) is 101 cm³/mol. The van der Waals surface area contributed by atoms with Crippen LogP contribution in [0.2, 0.25) is 0 Å². The molecule has 0 atom stereocenters. The van der Waals surface area contributed by atoms with Gasteiger partial charge in [0.25, 0.3) is 0 Å². The lowest BCUT2D eigenvalue weighted by molar-refractivity contribution is -0.870. The molecule has 1 aromatic heterocycles. The summed E-state index contributed by atoms with van der Waals surface area (Å²) in [6.07, 6.45) is 3.89. The lowest BCUT2D eigenvalue weighted by atomic mass is 10.0. The molecule has 7 heteroatoms. The number of piperidine rings is 1. The van der Waals surface area contributed by atoms with E-state index in [1.807, 2.05) is 24.4 Å². The number of rotatable bonds is 6. The molecule has 2 aromatic rings. The summed E-state index contributed by atoms with van der Waals surface area (Å²) in [6.45, 7) is 1.22. The molecule has 144 valence electrons. The molecule has 2 heterocycles. The number of quaternary nitrogens is 1. The number of ether oxygens (including phenoxy) is 2. The van der Waals surface area contributed by atoms with E-state index in [-0.39, 0.29) is 18.4 Å². The highest BCUT2D eigenvalue weighted by Gasteiger charge is 2.28. The second kappa shape index (κ2) is 8.83. The molecular formula is C20H26N3O4+. The molecule has 1 fully saturated rings. The highest BCUT2D eigenvalue weighted by Crippen LogP contribution is 2.29. The Morgan fingerprint density at radius 3 is 2.70 bits per heavy atom. The van der Waals surface area contributed by atoms with Crippen molar-refractivity contribution in [1.82, 2.24) is 0 Å². The SMILES string of the molecule is COc1ccc(OC)c(NC(=O)Cc2cccc[n+]2C2CC[NH+]([O-])CC2)c1. The Kier molecular flexibility index (Phi) is 6.26. The molecule has 0 radical (unpaired) electrons. The van der Waals surface area contributed by atoms with Crippen molar-refractivity contribution in [3.63, 3.8) is 0 Å². The Hall–Kier alpha value is -2.64. The third kappa shape index (κ3) is 4.75. The molecule has 1 aliphatic heterocycles. The molecule has 7 nitrogen and oxygen atoms in total. The quantitative estimate of drug-likeness (QED) is 0.583. The smallest absolute Gasteiger partial charge is 0.235 e. The van der Waals surface area contributed by atoms with Gasteiger partial charge in [0.15, 0.2) is 17.9 Å². The van der Waals surface area contributed by atoms with Crippen molar-refractivity contribution < 1.29 is 23.9 Å². The highest BCUT2D eigenvalue weighted by atomic mass is 16.5. The number of carbonyl (C=O) groups is 1. The third-order valence-corrected chi connectivity index (χ3v) is 4.91. The summed E-state index contributed by atoms with van der Waals surface area (Å²) < 4.78 is 12.7. The lowest BCUT2D eigenvalue weighted by Gasteiger charge is -2.29. The normalized spacial score (nSPS) is 19.4. The van der Waals surface area contributed by atoms with Gasteiger partial charge in [0, 0.05) is 18.2 Å². The zero-order chi connectivity index (χ0) is 19.2. The van der Waals surface area contributed by atoms with Gasteiger partial charge in [-0.3, -0.25) is 4.79 Å². The van der Waals surface area contributed by atoms with Crippen molar-refractivity contribution >= 4 is 11.6 Å². The molecular weight excluding hydrogens is 346 g/mol. The number of nitrogens with one attached hydrogen (secondary N) is 2. The van der Waals surface area contributed by atoms with Crippen LogP contribution in [-0.4, -0.2) is 33.2 Å². The van der Waals surface area contributed by atoms with Gasteiger partial charge in [0.05, 0.1) is 45.8 Å². The Balaban J connectivity index is 1.73. The fourth-order valence-corrected chi connectivity index (χ4v) is 3.47. The zero-order valence-corrected chi connectivity index (χ0v) is 15.7. The summed E-state index contributed by atoms with van der Waals surface area (Å²) in [5, 5.41) is 14.8. The molecule has 1 aromatic carbocycles. The van der Waals surface area contributed by atoms with Crippen LogP contribution in [0.15, 0.2) is 42.6 Å². The summed E-state index contributed by atoms with van der Waals surface area (Å²) >= 11 is 0. The monoisotopic (exact) mass is 372 g/mol. The molecule has 0 aliphatic carbocycles. The van der Waals surface area contributed by atoms with Gasteiger partial charge in [0.1, 0.15) is 17.9 Å². The summed E-state index contributed by atoms with van der Waals surface area (Å²) in [5.41, 5.74) is 1.50. The molecule has 1 aliphatic rings. The molecule has 2 N–H and O–H groups in total. The summed E-state index contributed by atoms with van der Waals surface area (Å²) in [4.78, 5) is 12.7. The maximum Gasteiger partial charge on any atom is 0.235 e. The van der Waals surface area contributed by atoms with Gasteiger partial charge in [-0.05, 0) is 12.1 Å². The van der Waals surface area contributed by atoms with E-state index in [2.05, 4.69) is 9.88 Å². The van der Waals surface area contributed by atoms with Crippen LogP contribution in [-0.2, 0) is 11.2 Å². The molecule has 0 spiro atoms. The highest BCUT2D eigenvalue weighted by molar-refractivity contribution is 5.93. The Morgan fingerprint density at radius 2 is 2.00 bits per heavy atom. The van der Waals surface area contributed by atoms with Gasteiger partial charge in [-0.2, -0.15) is 4.57 Å². The van der Waals surface area contributed by atoms with Crippen molar-refractivity contribution in [2.45, 2.75) is 25.3 Å². The van der Waals surface area contributed by atoms with Gasteiger partial charge in [-0.25, -0.2) is 0 Å². The summed E-state index contributed by atoms with van der Waals surface area (Å²) in [6, 6.07) is 11.4. The van der Waals surface area contributed by atoms with Crippen molar-refractivity contribution in [3.8, 4) is 11.5 Å². The number of amides is 1. The number of benzene rings is 1.